The van der Waals surface area contributed by atoms with Crippen LogP contribution < -0.4 is 0 Å². The van der Waals surface area contributed by atoms with E-state index in [0.717, 1.165) is 30.6 Å². The number of carbonyl (C=O) groups is 2. The van der Waals surface area contributed by atoms with Crippen molar-refractivity contribution < 1.29 is 19.1 Å². The SMILES string of the molecule is C=C(C)C(=O)OC(C)(C)C.C=C(C)C(=O)OC12CC3CC(CC(C3)C1C)C2. The fourth-order valence-corrected chi connectivity index (χ4v) is 5.03. The predicted molar refractivity (Wildman–Crippen MR) is 107 cm³/mol. The second kappa shape index (κ2) is 7.81. The minimum atomic E-state index is -0.407. The molecule has 4 nitrogen and oxygen atoms in total. The summed E-state index contributed by atoms with van der Waals surface area (Å²) in [4.78, 5) is 22.7. The van der Waals surface area contributed by atoms with E-state index in [9.17, 15) is 9.59 Å². The van der Waals surface area contributed by atoms with E-state index in [1.165, 1.54) is 19.3 Å². The van der Waals surface area contributed by atoms with E-state index in [0.29, 0.717) is 17.1 Å². The van der Waals surface area contributed by atoms with E-state index in [2.05, 4.69) is 20.1 Å². The normalized spacial score (nSPS) is 33.6. The minimum absolute atomic E-state index is 0.148. The minimum Gasteiger partial charge on any atom is -0.457 e. The third-order valence-electron chi connectivity index (χ3n) is 6.14. The highest BCUT2D eigenvalue weighted by Crippen LogP contribution is 2.59. The van der Waals surface area contributed by atoms with Crippen molar-refractivity contribution in [2.75, 3.05) is 0 Å². The monoisotopic (exact) mass is 376 g/mol. The lowest BCUT2D eigenvalue weighted by molar-refractivity contribution is -0.201. The molecule has 4 saturated carbocycles. The molecule has 4 aliphatic rings. The van der Waals surface area contributed by atoms with Gasteiger partial charge in [-0.25, -0.2) is 9.59 Å². The topological polar surface area (TPSA) is 52.6 Å². The first-order chi connectivity index (χ1) is 12.3. The lowest BCUT2D eigenvalue weighted by Gasteiger charge is -2.59. The quantitative estimate of drug-likeness (QED) is 0.500. The van der Waals surface area contributed by atoms with Gasteiger partial charge in [-0.05, 0) is 90.4 Å². The van der Waals surface area contributed by atoms with Gasteiger partial charge in [-0.2, -0.15) is 0 Å². The lowest BCUT2D eigenvalue weighted by Crippen LogP contribution is -2.58. The van der Waals surface area contributed by atoms with Crippen molar-refractivity contribution >= 4 is 11.9 Å². The molecule has 4 bridgehead atoms. The van der Waals surface area contributed by atoms with E-state index in [1.807, 2.05) is 20.8 Å². The third-order valence-corrected chi connectivity index (χ3v) is 6.14. The Morgan fingerprint density at radius 2 is 1.41 bits per heavy atom. The van der Waals surface area contributed by atoms with Gasteiger partial charge in [0.1, 0.15) is 11.2 Å². The largest absolute Gasteiger partial charge is 0.457 e. The van der Waals surface area contributed by atoms with Crippen molar-refractivity contribution in [3.05, 3.63) is 24.3 Å². The second-order valence-corrected chi connectivity index (χ2v) is 9.91. The molecule has 0 spiro atoms. The second-order valence-electron chi connectivity index (χ2n) is 9.91. The van der Waals surface area contributed by atoms with Crippen molar-refractivity contribution in [3.63, 3.8) is 0 Å². The van der Waals surface area contributed by atoms with Crippen molar-refractivity contribution in [2.45, 2.75) is 84.8 Å². The number of hydrogen-bond donors (Lipinski definition) is 0. The fourth-order valence-electron chi connectivity index (χ4n) is 5.03. The van der Waals surface area contributed by atoms with Gasteiger partial charge in [0, 0.05) is 11.1 Å². The molecule has 4 fully saturated rings. The summed E-state index contributed by atoms with van der Waals surface area (Å²) in [5.41, 5.74) is 0.420. The standard InChI is InChI=1S/C15H22O2.C8H14O2/c1-9(2)14(16)17-15-7-11-4-12(8-15)6-13(5-11)10(15)3;1-6(2)7(9)10-8(3,4)5/h10-13H,1,4-8H2,2-3H3;1H2,2-5H3. The molecule has 0 N–H and O–H groups in total. The Morgan fingerprint density at radius 3 is 1.78 bits per heavy atom. The summed E-state index contributed by atoms with van der Waals surface area (Å²) >= 11 is 0. The number of carbonyl (C=O) groups excluding carboxylic acids is 2. The summed E-state index contributed by atoms with van der Waals surface area (Å²) in [6, 6.07) is 0. The highest BCUT2D eigenvalue weighted by molar-refractivity contribution is 5.87. The predicted octanol–water partition coefficient (Wildman–Crippen LogP) is 5.22. The highest BCUT2D eigenvalue weighted by Gasteiger charge is 2.57. The number of hydrogen-bond acceptors (Lipinski definition) is 4. The van der Waals surface area contributed by atoms with E-state index in [1.54, 1.807) is 13.8 Å². The van der Waals surface area contributed by atoms with Gasteiger partial charge >= 0.3 is 11.9 Å². The van der Waals surface area contributed by atoms with Gasteiger partial charge in [0.2, 0.25) is 0 Å². The Balaban J connectivity index is 0.000000227. The fraction of sp³-hybridized carbons (Fsp3) is 0.739. The van der Waals surface area contributed by atoms with Crippen LogP contribution in [0.3, 0.4) is 0 Å². The van der Waals surface area contributed by atoms with Crippen LogP contribution >= 0.6 is 0 Å². The highest BCUT2D eigenvalue weighted by atomic mass is 16.6. The smallest absolute Gasteiger partial charge is 0.333 e. The van der Waals surface area contributed by atoms with Crippen molar-refractivity contribution in [1.29, 1.82) is 0 Å². The average molecular weight is 377 g/mol. The number of esters is 2. The molecule has 0 heterocycles. The van der Waals surface area contributed by atoms with Crippen LogP contribution in [0.5, 0.6) is 0 Å². The van der Waals surface area contributed by atoms with Crippen LogP contribution in [0.1, 0.15) is 73.6 Å². The maximum atomic E-state index is 11.9. The van der Waals surface area contributed by atoms with E-state index in [-0.39, 0.29) is 17.5 Å². The summed E-state index contributed by atoms with van der Waals surface area (Å²) in [5.74, 6) is 2.44. The Kier molecular flexibility index (Phi) is 6.28. The molecule has 0 aromatic carbocycles. The van der Waals surface area contributed by atoms with Gasteiger partial charge in [-0.3, -0.25) is 0 Å². The zero-order valence-corrected chi connectivity index (χ0v) is 17.9. The Bertz CT molecular complexity index is 611. The zero-order chi connectivity index (χ0) is 20.6. The Hall–Kier alpha value is -1.58. The van der Waals surface area contributed by atoms with Gasteiger partial charge in [0.15, 0.2) is 0 Å². The first-order valence-corrected chi connectivity index (χ1v) is 10.1. The van der Waals surface area contributed by atoms with Crippen molar-refractivity contribution in [1.82, 2.24) is 0 Å². The van der Waals surface area contributed by atoms with Crippen LogP contribution in [0.4, 0.5) is 0 Å². The van der Waals surface area contributed by atoms with Crippen LogP contribution in [0.2, 0.25) is 0 Å². The molecular weight excluding hydrogens is 340 g/mol. The summed E-state index contributed by atoms with van der Waals surface area (Å²) < 4.78 is 10.8. The molecule has 3 unspecified atom stereocenters. The van der Waals surface area contributed by atoms with Crippen LogP contribution in [0.25, 0.3) is 0 Å². The van der Waals surface area contributed by atoms with E-state index < -0.39 is 5.60 Å². The van der Waals surface area contributed by atoms with Crippen LogP contribution in [0, 0.1) is 23.7 Å². The molecule has 4 heteroatoms. The molecule has 0 radical (unpaired) electrons. The molecule has 0 aromatic rings. The summed E-state index contributed by atoms with van der Waals surface area (Å²) in [6.07, 6.45) is 6.30. The van der Waals surface area contributed by atoms with Gasteiger partial charge in [0.05, 0.1) is 0 Å². The first-order valence-electron chi connectivity index (χ1n) is 10.1. The Morgan fingerprint density at radius 1 is 0.926 bits per heavy atom. The average Bonchev–Trinajstić information content (AvgIpc) is 2.50. The molecule has 0 saturated heterocycles. The zero-order valence-electron chi connectivity index (χ0n) is 17.9. The van der Waals surface area contributed by atoms with Gasteiger partial charge in [-0.15, -0.1) is 0 Å². The molecular formula is C23H36O4. The molecule has 152 valence electrons. The van der Waals surface area contributed by atoms with E-state index in [4.69, 9.17) is 9.47 Å². The molecule has 4 rings (SSSR count). The maximum Gasteiger partial charge on any atom is 0.333 e. The van der Waals surface area contributed by atoms with Crippen molar-refractivity contribution in [2.24, 2.45) is 23.7 Å². The van der Waals surface area contributed by atoms with Crippen molar-refractivity contribution in [3.8, 4) is 0 Å². The molecule has 0 aliphatic heterocycles. The van der Waals surface area contributed by atoms with Gasteiger partial charge in [-0.1, -0.05) is 20.1 Å². The first kappa shape index (κ1) is 21.7. The Labute approximate surface area is 164 Å². The molecule has 0 amide bonds. The third kappa shape index (κ3) is 5.24. The summed E-state index contributed by atoms with van der Waals surface area (Å²) in [7, 11) is 0. The van der Waals surface area contributed by atoms with Gasteiger partial charge in [0.25, 0.3) is 0 Å². The van der Waals surface area contributed by atoms with Crippen LogP contribution in [-0.4, -0.2) is 23.1 Å². The van der Waals surface area contributed by atoms with E-state index >= 15 is 0 Å². The van der Waals surface area contributed by atoms with Crippen LogP contribution in [-0.2, 0) is 19.1 Å². The number of rotatable bonds is 3. The molecule has 0 aromatic heterocycles. The maximum absolute atomic E-state index is 11.9. The molecule has 27 heavy (non-hydrogen) atoms. The van der Waals surface area contributed by atoms with Crippen LogP contribution in [0.15, 0.2) is 24.3 Å². The summed E-state index contributed by atoms with van der Waals surface area (Å²) in [5, 5.41) is 0. The lowest BCUT2D eigenvalue weighted by atomic mass is 9.50. The molecule has 3 atom stereocenters. The number of ether oxygens (including phenoxy) is 2. The summed E-state index contributed by atoms with van der Waals surface area (Å²) in [6.45, 7) is 18.3. The molecule has 4 aliphatic carbocycles. The van der Waals surface area contributed by atoms with Gasteiger partial charge < -0.3 is 9.47 Å².